The van der Waals surface area contributed by atoms with Gasteiger partial charge in [-0.05, 0) is 97.5 Å². The lowest BCUT2D eigenvalue weighted by atomic mass is 9.86. The van der Waals surface area contributed by atoms with Crippen LogP contribution in [0.15, 0.2) is 140 Å². The summed E-state index contributed by atoms with van der Waals surface area (Å²) in [5, 5.41) is 0. The number of rotatable bonds is 2. The summed E-state index contributed by atoms with van der Waals surface area (Å²) in [6.45, 7) is 13.7. The van der Waals surface area contributed by atoms with Crippen LogP contribution in [0.1, 0.15) is 52.7 Å². The summed E-state index contributed by atoms with van der Waals surface area (Å²) in [7, 11) is 0. The Morgan fingerprint density at radius 2 is 0.911 bits per heavy atom. The number of aromatic nitrogens is 1. The van der Waals surface area contributed by atoms with Crippen molar-refractivity contribution in [2.75, 3.05) is 9.80 Å². The summed E-state index contributed by atoms with van der Waals surface area (Å²) >= 11 is -4.33. The summed E-state index contributed by atoms with van der Waals surface area (Å²) in [5.74, 6) is 4.89. The van der Waals surface area contributed by atoms with E-state index >= 15 is 0 Å². The van der Waals surface area contributed by atoms with Crippen LogP contribution in [-0.4, -0.2) is 33.3 Å². The number of para-hydroxylation sites is 4. The fraction of sp³-hybridized carbons (Fsp3) is 0.163. The number of benzene rings is 6. The zero-order chi connectivity index (χ0) is 38.1. The molecule has 5 heterocycles. The minimum atomic E-state index is -2.19. The molecule has 0 unspecified atom stereocenters. The van der Waals surface area contributed by atoms with Crippen LogP contribution >= 0.6 is 0 Å². The average molecular weight is 758 g/mol. The lowest BCUT2D eigenvalue weighted by Crippen LogP contribution is -2.64. The Labute approximate surface area is 337 Å². The Kier molecular flexibility index (Phi) is 7.36. The molecule has 0 saturated carbocycles. The van der Waals surface area contributed by atoms with Crippen molar-refractivity contribution in [2.45, 2.75) is 52.4 Å². The van der Waals surface area contributed by atoms with Gasteiger partial charge >= 0.3 is 28.3 Å². The molecule has 270 valence electrons. The monoisotopic (exact) mass is 757 g/mol. The molecule has 0 radical (unpaired) electrons. The second kappa shape index (κ2) is 12.1. The highest BCUT2D eigenvalue weighted by Gasteiger charge is 2.50. The van der Waals surface area contributed by atoms with Gasteiger partial charge in [-0.3, -0.25) is 9.88 Å². The van der Waals surface area contributed by atoms with E-state index in [9.17, 15) is 0 Å². The topological polar surface area (TPSA) is 37.8 Å². The SMILES string of the molecule is CC(C)(C)c1cc2[c]3c(c1)N(c1ccccc1)c1n[c]4c(c[c]1[Al]3[c]1ccccc1O2)N(c1ccccc1)c1cc(C(C)(C)C)cc2[c]1[Al]4[c]1ccccc1O2. The number of nitrogens with zero attached hydrogens (tertiary/aromatic N) is 3. The lowest BCUT2D eigenvalue weighted by molar-refractivity contribution is 0.483. The van der Waals surface area contributed by atoms with Crippen molar-refractivity contribution in [1.82, 2.24) is 4.98 Å². The van der Waals surface area contributed by atoms with Gasteiger partial charge in [0.1, 0.15) is 28.8 Å². The Morgan fingerprint density at radius 3 is 1.46 bits per heavy atom. The molecule has 4 aliphatic rings. The molecule has 11 rings (SSSR count). The normalized spacial score (nSPS) is 14.4. The molecule has 0 fully saturated rings. The average Bonchev–Trinajstić information content (AvgIpc) is 3.19. The highest BCUT2D eigenvalue weighted by molar-refractivity contribution is 7.01. The van der Waals surface area contributed by atoms with E-state index in [-0.39, 0.29) is 10.8 Å². The number of hydrogen-bond donors (Lipinski definition) is 0. The predicted octanol–water partition coefficient (Wildman–Crippen LogP) is 8.49. The van der Waals surface area contributed by atoms with E-state index in [0.717, 1.165) is 40.2 Å². The van der Waals surface area contributed by atoms with Gasteiger partial charge in [-0.2, -0.15) is 0 Å². The Morgan fingerprint density at radius 1 is 0.446 bits per heavy atom. The van der Waals surface area contributed by atoms with Gasteiger partial charge in [0.2, 0.25) is 0 Å². The van der Waals surface area contributed by atoms with Gasteiger partial charge in [0.15, 0.2) is 0 Å². The van der Waals surface area contributed by atoms with Gasteiger partial charge < -0.3 is 14.4 Å². The van der Waals surface area contributed by atoms with Crippen LogP contribution in [-0.2, 0) is 10.8 Å². The predicted molar refractivity (Wildman–Crippen MR) is 233 cm³/mol. The third-order valence-electron chi connectivity index (χ3n) is 12.0. The van der Waals surface area contributed by atoms with Crippen molar-refractivity contribution in [3.63, 3.8) is 0 Å². The smallest absolute Gasteiger partial charge is 0.430 e. The molecule has 1 aromatic heterocycles. The molecule has 0 bridgehead atoms. The quantitative estimate of drug-likeness (QED) is 0.166. The van der Waals surface area contributed by atoms with Crippen LogP contribution in [0.4, 0.5) is 34.3 Å². The number of pyridine rings is 1. The van der Waals surface area contributed by atoms with E-state index in [1.807, 2.05) is 0 Å². The molecule has 0 aliphatic carbocycles. The van der Waals surface area contributed by atoms with Crippen molar-refractivity contribution in [3.05, 3.63) is 151 Å². The molecule has 7 heteroatoms. The molecule has 0 spiro atoms. The fourth-order valence-electron chi connectivity index (χ4n) is 9.23. The van der Waals surface area contributed by atoms with Crippen molar-refractivity contribution >= 4 is 89.2 Å². The van der Waals surface area contributed by atoms with Crippen LogP contribution in [0, 0.1) is 0 Å². The first-order chi connectivity index (χ1) is 27.0. The molecule has 7 aromatic rings. The van der Waals surface area contributed by atoms with Gasteiger partial charge in [-0.1, -0.05) is 128 Å². The first-order valence-corrected chi connectivity index (χ1v) is 23.2. The Hall–Kier alpha value is -5.27. The fourth-order valence-corrected chi connectivity index (χ4v) is 16.0. The molecule has 5 nitrogen and oxygen atoms in total. The van der Waals surface area contributed by atoms with Gasteiger partial charge in [0, 0.05) is 27.3 Å². The van der Waals surface area contributed by atoms with Crippen LogP contribution in [0.5, 0.6) is 23.0 Å². The van der Waals surface area contributed by atoms with E-state index < -0.39 is 28.3 Å². The molecule has 0 saturated heterocycles. The van der Waals surface area contributed by atoms with Gasteiger partial charge in [-0.25, -0.2) is 0 Å². The number of hydrogen-bond acceptors (Lipinski definition) is 5. The summed E-state index contributed by atoms with van der Waals surface area (Å²) in [4.78, 5) is 11.0. The number of fused-ring (bicyclic) bond motifs is 8. The molecule has 6 aromatic carbocycles. The maximum atomic E-state index is 6.92. The molecule has 0 atom stereocenters. The second-order valence-electron chi connectivity index (χ2n) is 17.6. The third kappa shape index (κ3) is 5.02. The Bertz CT molecular complexity index is 2560. The highest BCUT2D eigenvalue weighted by Crippen LogP contribution is 2.46. The van der Waals surface area contributed by atoms with Gasteiger partial charge in [0.25, 0.3) is 0 Å². The van der Waals surface area contributed by atoms with E-state index in [1.165, 1.54) is 54.9 Å². The summed E-state index contributed by atoms with van der Waals surface area (Å²) in [5.41, 5.74) is 8.12. The summed E-state index contributed by atoms with van der Waals surface area (Å²) in [6.07, 6.45) is 0. The maximum Gasteiger partial charge on any atom is 0.430 e. The first-order valence-electron chi connectivity index (χ1n) is 19.7. The van der Waals surface area contributed by atoms with Crippen LogP contribution in [0.25, 0.3) is 0 Å². The van der Waals surface area contributed by atoms with Crippen LogP contribution in [0.3, 0.4) is 0 Å². The van der Waals surface area contributed by atoms with Crippen molar-refractivity contribution in [2.24, 2.45) is 0 Å². The minimum Gasteiger partial charge on any atom is -0.460 e. The van der Waals surface area contributed by atoms with E-state index in [0.29, 0.717) is 0 Å². The number of anilines is 6. The highest BCUT2D eigenvalue weighted by atomic mass is 27.2. The van der Waals surface area contributed by atoms with Crippen LogP contribution in [0.2, 0.25) is 0 Å². The molecular weight excluding hydrogens is 717 g/mol. The zero-order valence-corrected chi connectivity index (χ0v) is 34.9. The molecular formula is C49H41Al2N3O2. The minimum absolute atomic E-state index is 0.0828. The second-order valence-corrected chi connectivity index (χ2v) is 22.9. The molecule has 56 heavy (non-hydrogen) atoms. The standard InChI is InChI=1S/C49H41N3O2.2Al/c1-48(2,3)36-29-41(33-45(31-36)53-43-23-15-9-16-24-43)51(38-19-11-7-12-20-38)40-27-28-47(50-35-40)52(39-21-13-8-14-22-39)42-30-37(49(4,5)6)32-46(34-42)54-44-25-17-10-18-26-44;;/h7-23,25,27,29-32H,1-6H3;;. The maximum absolute atomic E-state index is 6.92. The largest absolute Gasteiger partial charge is 0.460 e. The van der Waals surface area contributed by atoms with Crippen molar-refractivity contribution < 1.29 is 9.47 Å². The lowest BCUT2D eigenvalue weighted by Gasteiger charge is -2.43. The molecule has 0 N–H and O–H groups in total. The summed E-state index contributed by atoms with van der Waals surface area (Å²) < 4.78 is 21.5. The Balaban J connectivity index is 1.28. The van der Waals surface area contributed by atoms with E-state index in [1.54, 1.807) is 0 Å². The van der Waals surface area contributed by atoms with Crippen molar-refractivity contribution in [3.8, 4) is 23.0 Å². The third-order valence-corrected chi connectivity index (χ3v) is 18.6. The summed E-state index contributed by atoms with van der Waals surface area (Å²) in [6, 6.07) is 51.1. The molecule has 0 amide bonds. The molecule has 4 aliphatic heterocycles. The van der Waals surface area contributed by atoms with Gasteiger partial charge in [0.05, 0.1) is 5.69 Å². The van der Waals surface area contributed by atoms with Gasteiger partial charge in [-0.15, -0.1) is 0 Å². The van der Waals surface area contributed by atoms with E-state index in [4.69, 9.17) is 14.5 Å². The van der Waals surface area contributed by atoms with Crippen LogP contribution < -0.4 is 46.0 Å². The van der Waals surface area contributed by atoms with Crippen molar-refractivity contribution in [1.29, 1.82) is 0 Å². The van der Waals surface area contributed by atoms with E-state index in [2.05, 4.69) is 191 Å². The first kappa shape index (κ1) is 34.0. The zero-order valence-electron chi connectivity index (χ0n) is 32.6. The number of ether oxygens (including phenoxy) is 2.